The van der Waals surface area contributed by atoms with Crippen molar-refractivity contribution in [2.75, 3.05) is 0 Å². The Morgan fingerprint density at radius 2 is 1.90 bits per heavy atom. The zero-order chi connectivity index (χ0) is 14.1. The Hall–Kier alpha value is -1.45. The smallest absolute Gasteiger partial charge is 0.169 e. The molecule has 1 aromatic heterocycles. The normalized spacial score (nSPS) is 11.2. The van der Waals surface area contributed by atoms with E-state index < -0.39 is 0 Å². The van der Waals surface area contributed by atoms with E-state index in [1.165, 1.54) is 16.6 Å². The first-order valence-corrected chi connectivity index (χ1v) is 7.80. The number of nitrogens with zero attached hydrogens (tertiary/aromatic N) is 2. The third-order valence-electron chi connectivity index (χ3n) is 3.28. The second kappa shape index (κ2) is 5.51. The molecular formula is C16H15ClN2S. The number of rotatable bonds is 3. The van der Waals surface area contributed by atoms with Gasteiger partial charge < -0.3 is 4.57 Å². The predicted octanol–water partition coefficient (Wildman–Crippen LogP) is 4.83. The lowest BCUT2D eigenvalue weighted by molar-refractivity contribution is 0.815. The summed E-state index contributed by atoms with van der Waals surface area (Å²) in [7, 11) is 2.06. The minimum atomic E-state index is 0.775. The first-order valence-electron chi connectivity index (χ1n) is 6.44. The molecule has 102 valence electrons. The second-order valence-electron chi connectivity index (χ2n) is 4.86. The van der Waals surface area contributed by atoms with Crippen molar-refractivity contribution >= 4 is 34.4 Å². The summed E-state index contributed by atoms with van der Waals surface area (Å²) in [6.07, 6.45) is 0. The van der Waals surface area contributed by atoms with Crippen molar-refractivity contribution in [2.45, 2.75) is 17.8 Å². The number of hydrogen-bond acceptors (Lipinski definition) is 2. The molecule has 1 heterocycles. The van der Waals surface area contributed by atoms with Gasteiger partial charge in [0.25, 0.3) is 0 Å². The molecule has 0 atom stereocenters. The summed E-state index contributed by atoms with van der Waals surface area (Å²) >= 11 is 7.65. The van der Waals surface area contributed by atoms with Crippen molar-refractivity contribution in [1.82, 2.24) is 9.55 Å². The van der Waals surface area contributed by atoms with Crippen LogP contribution in [-0.2, 0) is 12.8 Å². The maximum absolute atomic E-state index is 5.90. The van der Waals surface area contributed by atoms with Gasteiger partial charge in [-0.1, -0.05) is 41.6 Å². The third-order valence-corrected chi connectivity index (χ3v) is 4.63. The van der Waals surface area contributed by atoms with Crippen LogP contribution in [0.2, 0.25) is 5.02 Å². The van der Waals surface area contributed by atoms with Crippen LogP contribution in [-0.4, -0.2) is 9.55 Å². The van der Waals surface area contributed by atoms with E-state index in [1.807, 2.05) is 12.1 Å². The lowest BCUT2D eigenvalue weighted by Gasteiger charge is -2.02. The summed E-state index contributed by atoms with van der Waals surface area (Å²) < 4.78 is 2.15. The molecule has 0 aliphatic rings. The molecule has 3 rings (SSSR count). The average molecular weight is 303 g/mol. The van der Waals surface area contributed by atoms with Gasteiger partial charge in [0, 0.05) is 17.8 Å². The summed E-state index contributed by atoms with van der Waals surface area (Å²) in [5.74, 6) is 0.896. The standard InChI is InChI=1S/C16H15ClN2S/c1-11-3-8-15-14(9-11)18-16(19(15)2)20-10-12-4-6-13(17)7-5-12/h3-9H,10H2,1-2H3. The molecule has 0 aliphatic carbocycles. The molecule has 0 N–H and O–H groups in total. The molecule has 0 saturated heterocycles. The molecule has 0 aliphatic heterocycles. The SMILES string of the molecule is Cc1ccc2c(c1)nc(SCc1ccc(Cl)cc1)n2C. The van der Waals surface area contributed by atoms with E-state index in [-0.39, 0.29) is 0 Å². The molecule has 3 aromatic rings. The number of benzene rings is 2. The summed E-state index contributed by atoms with van der Waals surface area (Å²) in [6, 6.07) is 14.3. The Kier molecular flexibility index (Phi) is 3.72. The van der Waals surface area contributed by atoms with Crippen LogP contribution >= 0.6 is 23.4 Å². The van der Waals surface area contributed by atoms with Crippen LogP contribution < -0.4 is 0 Å². The number of aromatic nitrogens is 2. The molecule has 20 heavy (non-hydrogen) atoms. The first-order chi connectivity index (χ1) is 9.63. The Bertz CT molecular complexity index is 747. The van der Waals surface area contributed by atoms with Crippen LogP contribution in [0, 0.1) is 6.92 Å². The highest BCUT2D eigenvalue weighted by atomic mass is 35.5. The quantitative estimate of drug-likeness (QED) is 0.645. The Morgan fingerprint density at radius 1 is 1.15 bits per heavy atom. The van der Waals surface area contributed by atoms with E-state index in [0.717, 1.165) is 21.4 Å². The van der Waals surface area contributed by atoms with Crippen molar-refractivity contribution in [2.24, 2.45) is 7.05 Å². The number of aryl methyl sites for hydroxylation is 2. The van der Waals surface area contributed by atoms with Gasteiger partial charge in [0.15, 0.2) is 5.16 Å². The maximum Gasteiger partial charge on any atom is 0.169 e. The van der Waals surface area contributed by atoms with Crippen LogP contribution in [0.4, 0.5) is 0 Å². The monoisotopic (exact) mass is 302 g/mol. The van der Waals surface area contributed by atoms with Crippen LogP contribution in [0.5, 0.6) is 0 Å². The summed E-state index contributed by atoms with van der Waals surface area (Å²) in [6.45, 7) is 2.09. The van der Waals surface area contributed by atoms with E-state index >= 15 is 0 Å². The third kappa shape index (κ3) is 2.69. The van der Waals surface area contributed by atoms with E-state index in [9.17, 15) is 0 Å². The highest BCUT2D eigenvalue weighted by molar-refractivity contribution is 7.98. The number of imidazole rings is 1. The molecule has 0 spiro atoms. The highest BCUT2D eigenvalue weighted by Gasteiger charge is 2.08. The molecule has 0 radical (unpaired) electrons. The van der Waals surface area contributed by atoms with Crippen LogP contribution in [0.1, 0.15) is 11.1 Å². The summed E-state index contributed by atoms with van der Waals surface area (Å²) in [4.78, 5) is 4.71. The number of thioether (sulfide) groups is 1. The van der Waals surface area contributed by atoms with Gasteiger partial charge >= 0.3 is 0 Å². The first kappa shape index (κ1) is 13.5. The zero-order valence-electron chi connectivity index (χ0n) is 11.4. The minimum Gasteiger partial charge on any atom is -0.322 e. The minimum absolute atomic E-state index is 0.775. The van der Waals surface area contributed by atoms with Crippen molar-refractivity contribution < 1.29 is 0 Å². The van der Waals surface area contributed by atoms with Gasteiger partial charge in [0.05, 0.1) is 11.0 Å². The molecule has 4 heteroatoms. The average Bonchev–Trinajstić information content (AvgIpc) is 2.74. The number of fused-ring (bicyclic) bond motifs is 1. The lowest BCUT2D eigenvalue weighted by atomic mass is 10.2. The predicted molar refractivity (Wildman–Crippen MR) is 86.5 cm³/mol. The van der Waals surface area contributed by atoms with E-state index in [2.05, 4.69) is 48.9 Å². The molecule has 0 bridgehead atoms. The molecule has 0 fully saturated rings. The molecule has 0 amide bonds. The fraction of sp³-hybridized carbons (Fsp3) is 0.188. The Balaban J connectivity index is 1.84. The molecule has 2 aromatic carbocycles. The summed E-state index contributed by atoms with van der Waals surface area (Å²) in [5, 5.41) is 1.82. The maximum atomic E-state index is 5.90. The number of hydrogen-bond donors (Lipinski definition) is 0. The highest BCUT2D eigenvalue weighted by Crippen LogP contribution is 2.26. The Labute approximate surface area is 127 Å². The molecular weight excluding hydrogens is 288 g/mol. The van der Waals surface area contributed by atoms with Gasteiger partial charge in [0.1, 0.15) is 0 Å². The second-order valence-corrected chi connectivity index (χ2v) is 6.24. The summed E-state index contributed by atoms with van der Waals surface area (Å²) in [5.41, 5.74) is 4.73. The van der Waals surface area contributed by atoms with Gasteiger partial charge in [-0.15, -0.1) is 0 Å². The lowest BCUT2D eigenvalue weighted by Crippen LogP contribution is -1.91. The van der Waals surface area contributed by atoms with Gasteiger partial charge in [-0.25, -0.2) is 4.98 Å². The van der Waals surface area contributed by atoms with E-state index in [0.29, 0.717) is 0 Å². The molecule has 0 saturated carbocycles. The fourth-order valence-electron chi connectivity index (χ4n) is 2.15. The number of halogens is 1. The van der Waals surface area contributed by atoms with E-state index in [4.69, 9.17) is 16.6 Å². The zero-order valence-corrected chi connectivity index (χ0v) is 13.0. The Morgan fingerprint density at radius 3 is 2.65 bits per heavy atom. The van der Waals surface area contributed by atoms with Gasteiger partial charge in [0.2, 0.25) is 0 Å². The van der Waals surface area contributed by atoms with Crippen LogP contribution in [0.3, 0.4) is 0 Å². The van der Waals surface area contributed by atoms with Gasteiger partial charge in [-0.05, 0) is 42.3 Å². The van der Waals surface area contributed by atoms with Crippen molar-refractivity contribution in [1.29, 1.82) is 0 Å². The van der Waals surface area contributed by atoms with Gasteiger partial charge in [-0.2, -0.15) is 0 Å². The molecule has 2 nitrogen and oxygen atoms in total. The van der Waals surface area contributed by atoms with Crippen molar-refractivity contribution in [3.8, 4) is 0 Å². The van der Waals surface area contributed by atoms with Crippen molar-refractivity contribution in [3.63, 3.8) is 0 Å². The van der Waals surface area contributed by atoms with Crippen LogP contribution in [0.15, 0.2) is 47.6 Å². The van der Waals surface area contributed by atoms with Gasteiger partial charge in [-0.3, -0.25) is 0 Å². The topological polar surface area (TPSA) is 17.8 Å². The largest absolute Gasteiger partial charge is 0.322 e. The fourth-order valence-corrected chi connectivity index (χ4v) is 3.21. The van der Waals surface area contributed by atoms with E-state index in [1.54, 1.807) is 11.8 Å². The van der Waals surface area contributed by atoms with Crippen molar-refractivity contribution in [3.05, 3.63) is 58.6 Å². The van der Waals surface area contributed by atoms with Crippen LogP contribution in [0.25, 0.3) is 11.0 Å². The molecule has 0 unspecified atom stereocenters.